The van der Waals surface area contributed by atoms with Gasteiger partial charge in [0.25, 0.3) is 5.91 Å². The molecule has 0 aliphatic carbocycles. The number of carbonyl (C=O) groups excluding carboxylic acids is 1. The molecule has 0 aromatic heterocycles. The van der Waals surface area contributed by atoms with Crippen LogP contribution >= 0.6 is 0 Å². The number of carbonyl (C=O) groups is 1. The fourth-order valence-electron chi connectivity index (χ4n) is 2.38. The predicted molar refractivity (Wildman–Crippen MR) is 103 cm³/mol. The molecule has 1 amide bonds. The van der Waals surface area contributed by atoms with E-state index < -0.39 is 0 Å². The topological polar surface area (TPSA) is 71.3 Å². The minimum atomic E-state index is -0.322. The van der Waals surface area contributed by atoms with Crippen LogP contribution in [0.4, 0.5) is 5.69 Å². The molecule has 0 saturated heterocycles. The van der Waals surface area contributed by atoms with E-state index in [9.17, 15) is 4.79 Å². The van der Waals surface area contributed by atoms with Crippen LogP contribution in [0.15, 0.2) is 72.8 Å². The SMILES string of the molecule is Cc1ccc(Oc2ccccc2NC(=O)COc2cccc(C#N)c2)cc1. The van der Waals surface area contributed by atoms with E-state index in [-0.39, 0.29) is 12.5 Å². The first-order valence-electron chi connectivity index (χ1n) is 8.40. The Kier molecular flexibility index (Phi) is 5.70. The van der Waals surface area contributed by atoms with Gasteiger partial charge in [-0.1, -0.05) is 35.9 Å². The average molecular weight is 358 g/mol. The van der Waals surface area contributed by atoms with Crippen molar-refractivity contribution in [1.82, 2.24) is 0 Å². The Hall–Kier alpha value is -3.78. The van der Waals surface area contributed by atoms with E-state index in [2.05, 4.69) is 5.32 Å². The molecule has 0 atom stereocenters. The molecule has 0 radical (unpaired) electrons. The second-order valence-corrected chi connectivity index (χ2v) is 5.89. The first-order chi connectivity index (χ1) is 13.1. The summed E-state index contributed by atoms with van der Waals surface area (Å²) in [6.07, 6.45) is 0. The number of aryl methyl sites for hydroxylation is 1. The van der Waals surface area contributed by atoms with Crippen molar-refractivity contribution in [3.63, 3.8) is 0 Å². The van der Waals surface area contributed by atoms with Gasteiger partial charge in [-0.3, -0.25) is 4.79 Å². The number of anilines is 1. The van der Waals surface area contributed by atoms with Crippen LogP contribution in [0.2, 0.25) is 0 Å². The van der Waals surface area contributed by atoms with Crippen molar-refractivity contribution in [3.8, 4) is 23.3 Å². The van der Waals surface area contributed by atoms with E-state index in [1.165, 1.54) is 0 Å². The molecule has 0 unspecified atom stereocenters. The standard InChI is InChI=1S/C22H18N2O3/c1-16-9-11-18(12-10-16)27-21-8-3-2-7-20(21)24-22(25)15-26-19-6-4-5-17(13-19)14-23/h2-13H,15H2,1H3,(H,24,25). The number of nitriles is 1. The lowest BCUT2D eigenvalue weighted by molar-refractivity contribution is -0.118. The number of nitrogens with zero attached hydrogens (tertiary/aromatic N) is 1. The van der Waals surface area contributed by atoms with Crippen LogP contribution < -0.4 is 14.8 Å². The molecule has 3 aromatic rings. The third kappa shape index (κ3) is 5.10. The van der Waals surface area contributed by atoms with Crippen LogP contribution in [0.1, 0.15) is 11.1 Å². The zero-order valence-corrected chi connectivity index (χ0v) is 14.8. The van der Waals surface area contributed by atoms with E-state index in [4.69, 9.17) is 14.7 Å². The van der Waals surface area contributed by atoms with Gasteiger partial charge in [0.2, 0.25) is 0 Å². The molecule has 0 heterocycles. The first-order valence-corrected chi connectivity index (χ1v) is 8.40. The number of para-hydroxylation sites is 2. The largest absolute Gasteiger partial charge is 0.484 e. The number of benzene rings is 3. The summed E-state index contributed by atoms with van der Waals surface area (Å²) in [5.74, 6) is 1.37. The molecule has 0 aliphatic rings. The Morgan fingerprint density at radius 1 is 1.00 bits per heavy atom. The summed E-state index contributed by atoms with van der Waals surface area (Å²) in [7, 11) is 0. The van der Waals surface area contributed by atoms with E-state index in [1.54, 1.807) is 36.4 Å². The van der Waals surface area contributed by atoms with Crippen molar-refractivity contribution in [2.45, 2.75) is 6.92 Å². The lowest BCUT2D eigenvalue weighted by Gasteiger charge is -2.13. The van der Waals surface area contributed by atoms with Crippen molar-refractivity contribution in [1.29, 1.82) is 5.26 Å². The van der Waals surface area contributed by atoms with Crippen LogP contribution in [0, 0.1) is 18.3 Å². The van der Waals surface area contributed by atoms with Gasteiger partial charge in [-0.15, -0.1) is 0 Å². The van der Waals surface area contributed by atoms with Gasteiger partial charge in [0.05, 0.1) is 17.3 Å². The molecule has 134 valence electrons. The van der Waals surface area contributed by atoms with Crippen LogP contribution in [-0.4, -0.2) is 12.5 Å². The van der Waals surface area contributed by atoms with Gasteiger partial charge in [0.15, 0.2) is 12.4 Å². The Labute approximate surface area is 157 Å². The molecule has 3 aromatic carbocycles. The molecular weight excluding hydrogens is 340 g/mol. The van der Waals surface area contributed by atoms with Gasteiger partial charge in [0, 0.05) is 0 Å². The monoisotopic (exact) mass is 358 g/mol. The van der Waals surface area contributed by atoms with Crippen molar-refractivity contribution >= 4 is 11.6 Å². The quantitative estimate of drug-likeness (QED) is 0.695. The summed E-state index contributed by atoms with van der Waals surface area (Å²) in [5.41, 5.74) is 2.17. The van der Waals surface area contributed by atoms with Crippen molar-refractivity contribution in [2.75, 3.05) is 11.9 Å². The summed E-state index contributed by atoms with van der Waals surface area (Å²) >= 11 is 0. The molecule has 5 nitrogen and oxygen atoms in total. The fourth-order valence-corrected chi connectivity index (χ4v) is 2.38. The molecule has 1 N–H and O–H groups in total. The third-order valence-corrected chi connectivity index (χ3v) is 3.74. The van der Waals surface area contributed by atoms with Crippen LogP contribution in [-0.2, 0) is 4.79 Å². The minimum Gasteiger partial charge on any atom is -0.484 e. The van der Waals surface area contributed by atoms with E-state index in [0.717, 1.165) is 5.56 Å². The van der Waals surface area contributed by atoms with E-state index in [1.807, 2.05) is 49.4 Å². The smallest absolute Gasteiger partial charge is 0.262 e. The lowest BCUT2D eigenvalue weighted by atomic mass is 10.2. The summed E-state index contributed by atoms with van der Waals surface area (Å²) in [6.45, 7) is 1.83. The maximum absolute atomic E-state index is 12.2. The number of hydrogen-bond donors (Lipinski definition) is 1. The van der Waals surface area contributed by atoms with Crippen LogP contribution in [0.25, 0.3) is 0 Å². The second kappa shape index (κ2) is 8.54. The number of rotatable bonds is 6. The van der Waals surface area contributed by atoms with Gasteiger partial charge in [-0.25, -0.2) is 0 Å². The average Bonchev–Trinajstić information content (AvgIpc) is 2.70. The third-order valence-electron chi connectivity index (χ3n) is 3.74. The molecule has 5 heteroatoms. The fraction of sp³-hybridized carbons (Fsp3) is 0.0909. The normalized spacial score (nSPS) is 9.93. The van der Waals surface area contributed by atoms with Gasteiger partial charge >= 0.3 is 0 Å². The molecule has 0 aliphatic heterocycles. The molecular formula is C22H18N2O3. The molecule has 0 saturated carbocycles. The number of ether oxygens (including phenoxy) is 2. The van der Waals surface area contributed by atoms with Gasteiger partial charge < -0.3 is 14.8 Å². The maximum Gasteiger partial charge on any atom is 0.262 e. The summed E-state index contributed by atoms with van der Waals surface area (Å²) in [5, 5.41) is 11.7. The van der Waals surface area contributed by atoms with E-state index in [0.29, 0.717) is 28.5 Å². The molecule has 27 heavy (non-hydrogen) atoms. The first kappa shape index (κ1) is 18.0. The molecule has 3 rings (SSSR count). The summed E-state index contributed by atoms with van der Waals surface area (Å²) in [4.78, 5) is 12.2. The van der Waals surface area contributed by atoms with Crippen molar-refractivity contribution in [2.24, 2.45) is 0 Å². The molecule has 0 bridgehead atoms. The number of hydrogen-bond acceptors (Lipinski definition) is 4. The maximum atomic E-state index is 12.2. The summed E-state index contributed by atoms with van der Waals surface area (Å²) in [6, 6.07) is 23.6. The highest BCUT2D eigenvalue weighted by atomic mass is 16.5. The Bertz CT molecular complexity index is 975. The van der Waals surface area contributed by atoms with Gasteiger partial charge in [-0.05, 0) is 49.4 Å². The van der Waals surface area contributed by atoms with Crippen molar-refractivity contribution in [3.05, 3.63) is 83.9 Å². The molecule has 0 fully saturated rings. The minimum absolute atomic E-state index is 0.173. The van der Waals surface area contributed by atoms with Crippen LogP contribution in [0.5, 0.6) is 17.2 Å². The number of nitrogens with one attached hydrogen (secondary N) is 1. The lowest BCUT2D eigenvalue weighted by Crippen LogP contribution is -2.20. The predicted octanol–water partition coefficient (Wildman–Crippen LogP) is 4.68. The Morgan fingerprint density at radius 3 is 2.56 bits per heavy atom. The zero-order chi connectivity index (χ0) is 19.1. The zero-order valence-electron chi connectivity index (χ0n) is 14.8. The van der Waals surface area contributed by atoms with Crippen LogP contribution in [0.3, 0.4) is 0 Å². The Balaban J connectivity index is 1.64. The highest BCUT2D eigenvalue weighted by Gasteiger charge is 2.09. The Morgan fingerprint density at radius 2 is 1.78 bits per heavy atom. The highest BCUT2D eigenvalue weighted by molar-refractivity contribution is 5.93. The highest BCUT2D eigenvalue weighted by Crippen LogP contribution is 2.29. The van der Waals surface area contributed by atoms with Gasteiger partial charge in [-0.2, -0.15) is 5.26 Å². The van der Waals surface area contributed by atoms with Gasteiger partial charge in [0.1, 0.15) is 11.5 Å². The summed E-state index contributed by atoms with van der Waals surface area (Å²) < 4.78 is 11.3. The number of amides is 1. The second-order valence-electron chi connectivity index (χ2n) is 5.89. The van der Waals surface area contributed by atoms with E-state index >= 15 is 0 Å². The van der Waals surface area contributed by atoms with Crippen molar-refractivity contribution < 1.29 is 14.3 Å². The molecule has 0 spiro atoms.